The fourth-order valence-electron chi connectivity index (χ4n) is 3.96. The fraction of sp³-hybridized carbons (Fsp3) is 0.143. The van der Waals surface area contributed by atoms with E-state index in [0.717, 1.165) is 27.9 Å². The van der Waals surface area contributed by atoms with Crippen molar-refractivity contribution >= 4 is 33.0 Å². The largest absolute Gasteiger partial charge is 0.340 e. The number of pyridine rings is 1. The molecular weight excluding hydrogens is 507 g/mol. The van der Waals surface area contributed by atoms with E-state index in [4.69, 9.17) is 17.4 Å². The average molecular weight is 535 g/mol. The molecular formula is C28H27FN4O2S2. The van der Waals surface area contributed by atoms with Crippen molar-refractivity contribution in [2.24, 2.45) is 5.14 Å². The second-order valence-electron chi connectivity index (χ2n) is 8.73. The van der Waals surface area contributed by atoms with Crippen LogP contribution in [-0.2, 0) is 29.7 Å². The molecule has 6 nitrogen and oxygen atoms in total. The molecule has 0 aliphatic rings. The third-order valence-corrected chi connectivity index (χ3v) is 7.22. The van der Waals surface area contributed by atoms with Crippen LogP contribution in [0.4, 0.5) is 10.1 Å². The number of thiocarbonyl (C=S) groups is 1. The fourth-order valence-corrected chi connectivity index (χ4v) is 4.77. The van der Waals surface area contributed by atoms with Crippen molar-refractivity contribution in [2.75, 3.05) is 4.90 Å². The molecule has 0 atom stereocenters. The highest BCUT2D eigenvalue weighted by atomic mass is 32.2. The molecule has 37 heavy (non-hydrogen) atoms. The Morgan fingerprint density at radius 2 is 1.49 bits per heavy atom. The van der Waals surface area contributed by atoms with Gasteiger partial charge in [0.2, 0.25) is 10.0 Å². The van der Waals surface area contributed by atoms with Crippen LogP contribution in [0.15, 0.2) is 102 Å². The molecule has 4 rings (SSSR count). The summed E-state index contributed by atoms with van der Waals surface area (Å²) in [6.07, 6.45) is 3.45. The molecule has 0 unspecified atom stereocenters. The minimum atomic E-state index is -3.83. The van der Waals surface area contributed by atoms with Crippen LogP contribution in [-0.4, -0.2) is 23.4 Å². The Balaban J connectivity index is 1.72. The summed E-state index contributed by atoms with van der Waals surface area (Å²) in [5.74, 6) is -0.303. The molecule has 0 spiro atoms. The first-order valence-electron chi connectivity index (χ1n) is 11.6. The van der Waals surface area contributed by atoms with Gasteiger partial charge in [0.1, 0.15) is 5.82 Å². The quantitative estimate of drug-likeness (QED) is 0.314. The third-order valence-electron chi connectivity index (χ3n) is 5.81. The van der Waals surface area contributed by atoms with E-state index in [9.17, 15) is 12.8 Å². The number of anilines is 1. The molecule has 0 radical (unpaired) electrons. The van der Waals surface area contributed by atoms with Crippen LogP contribution in [0.3, 0.4) is 0 Å². The van der Waals surface area contributed by atoms with Gasteiger partial charge in [-0.1, -0.05) is 42.0 Å². The van der Waals surface area contributed by atoms with Crippen LogP contribution < -0.4 is 10.0 Å². The van der Waals surface area contributed by atoms with Crippen LogP contribution >= 0.6 is 12.2 Å². The SMILES string of the molecule is Cc1cccc(CN(C(=S)N(Cc2ccncc2)Cc2ccc(F)cc2)c2ccc(S(N)(=O)=O)cc2)c1. The Bertz CT molecular complexity index is 1460. The van der Waals surface area contributed by atoms with Gasteiger partial charge < -0.3 is 9.80 Å². The Labute approximate surface area is 222 Å². The molecule has 2 N–H and O–H groups in total. The van der Waals surface area contributed by atoms with Crippen LogP contribution in [0.2, 0.25) is 0 Å². The van der Waals surface area contributed by atoms with E-state index in [1.807, 2.05) is 47.1 Å². The molecule has 9 heteroatoms. The van der Waals surface area contributed by atoms with E-state index in [1.165, 1.54) is 24.3 Å². The molecule has 0 saturated carbocycles. The maximum atomic E-state index is 13.6. The summed E-state index contributed by atoms with van der Waals surface area (Å²) in [7, 11) is -3.83. The summed E-state index contributed by atoms with van der Waals surface area (Å²) in [4.78, 5) is 8.12. The lowest BCUT2D eigenvalue weighted by Gasteiger charge is -2.34. The van der Waals surface area contributed by atoms with Crippen molar-refractivity contribution in [1.82, 2.24) is 9.88 Å². The molecule has 0 aliphatic carbocycles. The summed E-state index contributed by atoms with van der Waals surface area (Å²) in [5, 5.41) is 5.84. The first-order chi connectivity index (χ1) is 17.7. The number of primary sulfonamides is 1. The number of hydrogen-bond donors (Lipinski definition) is 1. The topological polar surface area (TPSA) is 79.5 Å². The molecule has 4 aromatic rings. The van der Waals surface area contributed by atoms with Gasteiger partial charge in [-0.2, -0.15) is 0 Å². The average Bonchev–Trinajstić information content (AvgIpc) is 2.88. The molecule has 3 aromatic carbocycles. The monoisotopic (exact) mass is 534 g/mol. The summed E-state index contributed by atoms with van der Waals surface area (Å²) < 4.78 is 37.2. The van der Waals surface area contributed by atoms with Crippen molar-refractivity contribution in [3.8, 4) is 0 Å². The number of hydrogen-bond acceptors (Lipinski definition) is 4. The predicted octanol–water partition coefficient (Wildman–Crippen LogP) is 5.17. The van der Waals surface area contributed by atoms with Crippen molar-refractivity contribution < 1.29 is 12.8 Å². The van der Waals surface area contributed by atoms with Gasteiger partial charge in [0, 0.05) is 31.2 Å². The zero-order valence-corrected chi connectivity index (χ0v) is 21.9. The van der Waals surface area contributed by atoms with Gasteiger partial charge in [-0.15, -0.1) is 0 Å². The van der Waals surface area contributed by atoms with E-state index in [1.54, 1.807) is 36.7 Å². The van der Waals surface area contributed by atoms with Crippen LogP contribution in [0, 0.1) is 12.7 Å². The highest BCUT2D eigenvalue weighted by Crippen LogP contribution is 2.24. The number of benzene rings is 3. The number of sulfonamides is 1. The van der Waals surface area contributed by atoms with Gasteiger partial charge in [0.25, 0.3) is 0 Å². The zero-order valence-electron chi connectivity index (χ0n) is 20.3. The van der Waals surface area contributed by atoms with Crippen LogP contribution in [0.1, 0.15) is 22.3 Å². The molecule has 1 aromatic heterocycles. The second kappa shape index (κ2) is 11.6. The van der Waals surface area contributed by atoms with Gasteiger partial charge in [0.15, 0.2) is 5.11 Å². The number of halogens is 1. The summed E-state index contributed by atoms with van der Waals surface area (Å²) in [6.45, 7) is 3.43. The molecule has 0 saturated heterocycles. The van der Waals surface area contributed by atoms with Gasteiger partial charge in [-0.25, -0.2) is 17.9 Å². The molecule has 0 bridgehead atoms. The zero-order chi connectivity index (χ0) is 26.4. The van der Waals surface area contributed by atoms with Crippen molar-refractivity contribution in [3.05, 3.63) is 125 Å². The highest BCUT2D eigenvalue weighted by molar-refractivity contribution is 7.89. The van der Waals surface area contributed by atoms with E-state index in [0.29, 0.717) is 24.7 Å². The Morgan fingerprint density at radius 1 is 0.865 bits per heavy atom. The number of aromatic nitrogens is 1. The lowest BCUT2D eigenvalue weighted by molar-refractivity contribution is 0.405. The first kappa shape index (κ1) is 26.4. The summed E-state index contributed by atoms with van der Waals surface area (Å²) in [6, 6.07) is 24.7. The van der Waals surface area contributed by atoms with Crippen molar-refractivity contribution in [2.45, 2.75) is 31.5 Å². The predicted molar refractivity (Wildman–Crippen MR) is 148 cm³/mol. The van der Waals surface area contributed by atoms with Crippen LogP contribution in [0.5, 0.6) is 0 Å². The van der Waals surface area contributed by atoms with E-state index in [-0.39, 0.29) is 10.7 Å². The van der Waals surface area contributed by atoms with Crippen LogP contribution in [0.25, 0.3) is 0 Å². The van der Waals surface area contributed by atoms with E-state index >= 15 is 0 Å². The van der Waals surface area contributed by atoms with E-state index in [2.05, 4.69) is 11.1 Å². The second-order valence-corrected chi connectivity index (χ2v) is 10.7. The maximum absolute atomic E-state index is 13.6. The minimum Gasteiger partial charge on any atom is -0.340 e. The molecule has 0 amide bonds. The molecule has 190 valence electrons. The number of aryl methyl sites for hydroxylation is 1. The number of nitrogens with two attached hydrogens (primary N) is 1. The third kappa shape index (κ3) is 7.19. The first-order valence-corrected chi connectivity index (χ1v) is 13.5. The lowest BCUT2D eigenvalue weighted by atomic mass is 10.1. The lowest BCUT2D eigenvalue weighted by Crippen LogP contribution is -2.42. The molecule has 0 fully saturated rings. The van der Waals surface area contributed by atoms with Gasteiger partial charge in [-0.05, 0) is 84.4 Å². The van der Waals surface area contributed by atoms with Crippen molar-refractivity contribution in [1.29, 1.82) is 0 Å². The number of nitrogens with zero attached hydrogens (tertiary/aromatic N) is 3. The molecule has 0 aliphatic heterocycles. The summed E-state index contributed by atoms with van der Waals surface area (Å²) >= 11 is 6.06. The Kier molecular flexibility index (Phi) is 8.27. The normalized spacial score (nSPS) is 11.2. The van der Waals surface area contributed by atoms with Gasteiger partial charge in [-0.3, -0.25) is 4.98 Å². The Morgan fingerprint density at radius 3 is 2.08 bits per heavy atom. The highest BCUT2D eigenvalue weighted by Gasteiger charge is 2.21. The van der Waals surface area contributed by atoms with Gasteiger partial charge in [0.05, 0.1) is 11.4 Å². The summed E-state index contributed by atoms with van der Waals surface area (Å²) in [5.41, 5.74) is 4.80. The van der Waals surface area contributed by atoms with Crippen molar-refractivity contribution in [3.63, 3.8) is 0 Å². The molecule has 1 heterocycles. The number of rotatable bonds is 8. The van der Waals surface area contributed by atoms with E-state index < -0.39 is 10.0 Å². The standard InChI is InChI=1S/C28H27FN4O2S2/c1-21-3-2-4-24(17-21)20-33(26-9-11-27(12-10-26)37(30,34)35)28(36)32(19-23-13-15-31-16-14-23)18-22-5-7-25(29)8-6-22/h2-17H,18-20H2,1H3,(H2,30,34,35). The van der Waals surface area contributed by atoms with Gasteiger partial charge >= 0.3 is 0 Å². The smallest absolute Gasteiger partial charge is 0.238 e. The minimum absolute atomic E-state index is 0.0256. The maximum Gasteiger partial charge on any atom is 0.238 e. The Hall–Kier alpha value is -3.66.